The van der Waals surface area contributed by atoms with Crippen molar-refractivity contribution in [3.8, 4) is 0 Å². The number of hydrogen-bond acceptors (Lipinski definition) is 2. The van der Waals surface area contributed by atoms with Crippen LogP contribution in [-0.4, -0.2) is 29.9 Å². The maximum atomic E-state index is 12.1. The molecule has 0 radical (unpaired) electrons. The molecule has 3 rings (SSSR count). The topological polar surface area (TPSA) is 32.3 Å². The van der Waals surface area contributed by atoms with E-state index in [2.05, 4.69) is 47.5 Å². The molecule has 1 amide bonds. The fourth-order valence-electron chi connectivity index (χ4n) is 3.37. The van der Waals surface area contributed by atoms with E-state index in [-0.39, 0.29) is 5.91 Å². The van der Waals surface area contributed by atoms with Crippen LogP contribution in [0.5, 0.6) is 0 Å². The van der Waals surface area contributed by atoms with E-state index in [0.717, 1.165) is 38.0 Å². The Balaban J connectivity index is 1.48. The maximum absolute atomic E-state index is 12.1. The lowest BCUT2D eigenvalue weighted by Crippen LogP contribution is -2.39. The van der Waals surface area contributed by atoms with E-state index < -0.39 is 0 Å². The Morgan fingerprint density at radius 1 is 1.04 bits per heavy atom. The van der Waals surface area contributed by atoms with Crippen LogP contribution >= 0.6 is 0 Å². The summed E-state index contributed by atoms with van der Waals surface area (Å²) < 4.78 is 0. The van der Waals surface area contributed by atoms with E-state index in [1.807, 2.05) is 30.3 Å². The van der Waals surface area contributed by atoms with Crippen molar-refractivity contribution in [1.29, 1.82) is 0 Å². The molecule has 3 nitrogen and oxygen atoms in total. The van der Waals surface area contributed by atoms with E-state index in [1.165, 1.54) is 11.1 Å². The summed E-state index contributed by atoms with van der Waals surface area (Å²) in [5, 5.41) is 2.93. The molecule has 1 atom stereocenters. The maximum Gasteiger partial charge on any atom is 0.248 e. The first-order valence-corrected chi connectivity index (χ1v) is 9.04. The van der Waals surface area contributed by atoms with Gasteiger partial charge in [0.25, 0.3) is 0 Å². The summed E-state index contributed by atoms with van der Waals surface area (Å²) in [5.74, 6) is -0.0213. The molecule has 1 N–H and O–H groups in total. The van der Waals surface area contributed by atoms with Crippen LogP contribution in [0.3, 0.4) is 0 Å². The molecule has 25 heavy (non-hydrogen) atoms. The van der Waals surface area contributed by atoms with Crippen molar-refractivity contribution in [2.45, 2.75) is 32.2 Å². The van der Waals surface area contributed by atoms with Crippen molar-refractivity contribution in [1.82, 2.24) is 4.90 Å². The molecule has 1 heterocycles. The number of hydrogen-bond donors (Lipinski definition) is 1. The zero-order valence-electron chi connectivity index (χ0n) is 14.8. The molecular formula is C22H26N2O. The van der Waals surface area contributed by atoms with E-state index in [9.17, 15) is 4.79 Å². The number of amides is 1. The summed E-state index contributed by atoms with van der Waals surface area (Å²) in [6, 6.07) is 20.8. The third-order valence-electron chi connectivity index (χ3n) is 4.81. The Morgan fingerprint density at radius 2 is 1.64 bits per heavy atom. The smallest absolute Gasteiger partial charge is 0.248 e. The lowest BCUT2D eigenvalue weighted by molar-refractivity contribution is -0.112. The van der Waals surface area contributed by atoms with Crippen LogP contribution in [0.1, 0.15) is 25.3 Å². The molecule has 1 aliphatic heterocycles. The third kappa shape index (κ3) is 5.30. The molecule has 0 aliphatic carbocycles. The zero-order valence-corrected chi connectivity index (χ0v) is 14.8. The predicted octanol–water partition coefficient (Wildman–Crippen LogP) is 4.28. The van der Waals surface area contributed by atoms with Crippen LogP contribution in [0.2, 0.25) is 0 Å². The van der Waals surface area contributed by atoms with Gasteiger partial charge in [-0.1, -0.05) is 54.1 Å². The highest BCUT2D eigenvalue weighted by Crippen LogP contribution is 2.20. The summed E-state index contributed by atoms with van der Waals surface area (Å²) in [5.41, 5.74) is 3.48. The normalized spacial score (nSPS) is 16.3. The molecule has 0 saturated carbocycles. The Morgan fingerprint density at radius 3 is 2.28 bits per heavy atom. The Labute approximate surface area is 150 Å². The van der Waals surface area contributed by atoms with Crippen molar-refractivity contribution >= 4 is 11.6 Å². The van der Waals surface area contributed by atoms with Crippen LogP contribution in [0.4, 0.5) is 5.69 Å². The fraction of sp³-hybridized carbons (Fsp3) is 0.318. The summed E-state index contributed by atoms with van der Waals surface area (Å²) >= 11 is 0. The number of benzene rings is 2. The molecular weight excluding hydrogens is 308 g/mol. The molecule has 1 fully saturated rings. The molecule has 0 bridgehead atoms. The van der Waals surface area contributed by atoms with Gasteiger partial charge in [0, 0.05) is 30.9 Å². The average molecular weight is 334 g/mol. The van der Waals surface area contributed by atoms with Gasteiger partial charge in [-0.25, -0.2) is 0 Å². The van der Waals surface area contributed by atoms with E-state index in [0.29, 0.717) is 6.04 Å². The van der Waals surface area contributed by atoms with Crippen molar-refractivity contribution < 1.29 is 4.79 Å². The zero-order chi connectivity index (χ0) is 17.5. The molecule has 130 valence electrons. The second-order valence-electron chi connectivity index (χ2n) is 6.73. The van der Waals surface area contributed by atoms with Gasteiger partial charge < -0.3 is 5.32 Å². The third-order valence-corrected chi connectivity index (χ3v) is 4.81. The van der Waals surface area contributed by atoms with Crippen molar-refractivity contribution in [2.24, 2.45) is 0 Å². The Bertz CT molecular complexity index is 699. The molecule has 2 aromatic rings. The number of nitrogens with one attached hydrogen (secondary N) is 1. The van der Waals surface area contributed by atoms with Crippen LogP contribution in [0.15, 0.2) is 72.3 Å². The fourth-order valence-corrected chi connectivity index (χ4v) is 3.37. The van der Waals surface area contributed by atoms with Gasteiger partial charge in [0.15, 0.2) is 0 Å². The van der Waals surface area contributed by atoms with E-state index in [4.69, 9.17) is 0 Å². The van der Waals surface area contributed by atoms with Gasteiger partial charge >= 0.3 is 0 Å². The number of piperidine rings is 1. The molecule has 0 aromatic heterocycles. The number of anilines is 1. The van der Waals surface area contributed by atoms with Gasteiger partial charge in [-0.05, 0) is 43.9 Å². The van der Waals surface area contributed by atoms with Crippen molar-refractivity contribution in [3.63, 3.8) is 0 Å². The van der Waals surface area contributed by atoms with Gasteiger partial charge in [0.1, 0.15) is 0 Å². The Hall–Kier alpha value is -2.39. The van der Waals surface area contributed by atoms with Gasteiger partial charge in [0.05, 0.1) is 0 Å². The lowest BCUT2D eigenvalue weighted by Gasteiger charge is -2.33. The Kier molecular flexibility index (Phi) is 6.02. The molecule has 0 spiro atoms. The van der Waals surface area contributed by atoms with Gasteiger partial charge in [-0.15, -0.1) is 0 Å². The highest BCUT2D eigenvalue weighted by molar-refractivity contribution is 5.99. The van der Waals surface area contributed by atoms with Crippen LogP contribution in [0, 0.1) is 0 Å². The predicted molar refractivity (Wildman–Crippen MR) is 104 cm³/mol. The number of carbonyl (C=O) groups excluding carboxylic acids is 1. The lowest BCUT2D eigenvalue weighted by atomic mass is 9.99. The van der Waals surface area contributed by atoms with Crippen LogP contribution < -0.4 is 5.32 Å². The van der Waals surface area contributed by atoms with Crippen LogP contribution in [0.25, 0.3) is 0 Å². The first kappa shape index (κ1) is 17.4. The summed E-state index contributed by atoms with van der Waals surface area (Å²) in [6.45, 7) is 4.35. The average Bonchev–Trinajstić information content (AvgIpc) is 2.64. The highest BCUT2D eigenvalue weighted by Gasteiger charge is 2.19. The first-order valence-electron chi connectivity index (χ1n) is 9.04. The SMILES string of the molecule is CC(Cc1ccccc1)N1CCC(=CC(=O)Nc2ccccc2)CC1. The number of carbonyl (C=O) groups is 1. The highest BCUT2D eigenvalue weighted by atomic mass is 16.1. The number of para-hydroxylation sites is 1. The number of rotatable bonds is 5. The summed E-state index contributed by atoms with van der Waals surface area (Å²) in [4.78, 5) is 14.7. The largest absolute Gasteiger partial charge is 0.323 e. The summed E-state index contributed by atoms with van der Waals surface area (Å²) in [7, 11) is 0. The van der Waals surface area contributed by atoms with Gasteiger partial charge in [0.2, 0.25) is 5.91 Å². The second-order valence-corrected chi connectivity index (χ2v) is 6.73. The monoisotopic (exact) mass is 334 g/mol. The number of likely N-dealkylation sites (tertiary alicyclic amines) is 1. The first-order chi connectivity index (χ1) is 12.2. The number of nitrogens with zero attached hydrogens (tertiary/aromatic N) is 1. The molecule has 2 aromatic carbocycles. The van der Waals surface area contributed by atoms with Crippen molar-refractivity contribution in [3.05, 3.63) is 77.9 Å². The van der Waals surface area contributed by atoms with Gasteiger partial charge in [-0.2, -0.15) is 0 Å². The van der Waals surface area contributed by atoms with E-state index >= 15 is 0 Å². The molecule has 1 saturated heterocycles. The molecule has 1 aliphatic rings. The standard InChI is InChI=1S/C22H26N2O/c1-18(16-19-8-4-2-5-9-19)24-14-12-20(13-15-24)17-22(25)23-21-10-6-3-7-11-21/h2-11,17-18H,12-16H2,1H3,(H,23,25). The minimum Gasteiger partial charge on any atom is -0.323 e. The van der Waals surface area contributed by atoms with Crippen LogP contribution in [-0.2, 0) is 11.2 Å². The molecule has 1 unspecified atom stereocenters. The quantitative estimate of drug-likeness (QED) is 0.828. The van der Waals surface area contributed by atoms with E-state index in [1.54, 1.807) is 6.08 Å². The minimum absolute atomic E-state index is 0.0213. The summed E-state index contributed by atoms with van der Waals surface area (Å²) in [6.07, 6.45) is 4.81. The van der Waals surface area contributed by atoms with Gasteiger partial charge in [-0.3, -0.25) is 9.69 Å². The molecule has 3 heteroatoms. The second kappa shape index (κ2) is 8.63. The van der Waals surface area contributed by atoms with Crippen molar-refractivity contribution in [2.75, 3.05) is 18.4 Å². The minimum atomic E-state index is -0.0213.